The Morgan fingerprint density at radius 2 is 2.06 bits per heavy atom. The van der Waals surface area contributed by atoms with Crippen molar-refractivity contribution >= 4 is 11.6 Å². The van der Waals surface area contributed by atoms with Gasteiger partial charge in [0.25, 0.3) is 0 Å². The summed E-state index contributed by atoms with van der Waals surface area (Å²) in [4.78, 5) is 2.37. The van der Waals surface area contributed by atoms with E-state index in [1.165, 1.54) is 18.4 Å². The molecule has 0 spiro atoms. The van der Waals surface area contributed by atoms with E-state index in [0.29, 0.717) is 6.04 Å². The highest BCUT2D eigenvalue weighted by Crippen LogP contribution is 2.18. The molecule has 1 atom stereocenters. The Bertz CT molecular complexity index is 341. The van der Waals surface area contributed by atoms with Gasteiger partial charge in [0.15, 0.2) is 0 Å². The number of halogens is 1. The molecule has 1 rings (SSSR count). The number of hydrogen-bond acceptors (Lipinski definition) is 2. The van der Waals surface area contributed by atoms with Gasteiger partial charge in [-0.2, -0.15) is 0 Å². The molecule has 0 aliphatic heterocycles. The van der Waals surface area contributed by atoms with Gasteiger partial charge < -0.3 is 5.32 Å². The van der Waals surface area contributed by atoms with E-state index in [-0.39, 0.29) is 0 Å². The van der Waals surface area contributed by atoms with Gasteiger partial charge in [0.05, 0.1) is 0 Å². The predicted octanol–water partition coefficient (Wildman–Crippen LogP) is 3.55. The zero-order valence-electron chi connectivity index (χ0n) is 11.7. The minimum absolute atomic E-state index is 0.583. The van der Waals surface area contributed by atoms with Crippen molar-refractivity contribution < 1.29 is 0 Å². The second-order valence-corrected chi connectivity index (χ2v) is 5.26. The Kier molecular flexibility index (Phi) is 7.33. The minimum Gasteiger partial charge on any atom is -0.317 e. The molecule has 0 aliphatic carbocycles. The average molecular weight is 269 g/mol. The van der Waals surface area contributed by atoms with Crippen molar-refractivity contribution in [2.75, 3.05) is 20.1 Å². The smallest absolute Gasteiger partial charge is 0.0451 e. The van der Waals surface area contributed by atoms with Crippen molar-refractivity contribution in [3.05, 3.63) is 34.9 Å². The van der Waals surface area contributed by atoms with Crippen molar-refractivity contribution in [1.29, 1.82) is 0 Å². The zero-order valence-corrected chi connectivity index (χ0v) is 12.5. The van der Waals surface area contributed by atoms with E-state index in [1.807, 2.05) is 18.2 Å². The van der Waals surface area contributed by atoms with Crippen molar-refractivity contribution in [2.24, 2.45) is 0 Å². The van der Waals surface area contributed by atoms with Crippen LogP contribution in [0.2, 0.25) is 5.02 Å². The molecule has 18 heavy (non-hydrogen) atoms. The first-order chi connectivity index (χ1) is 8.65. The third kappa shape index (κ3) is 5.38. The van der Waals surface area contributed by atoms with Crippen LogP contribution in [0.1, 0.15) is 32.3 Å². The summed E-state index contributed by atoms with van der Waals surface area (Å²) < 4.78 is 0. The lowest BCUT2D eigenvalue weighted by atomic mass is 10.1. The number of nitrogens with zero attached hydrogens (tertiary/aromatic N) is 1. The van der Waals surface area contributed by atoms with Crippen LogP contribution in [0, 0.1) is 0 Å². The lowest BCUT2D eigenvalue weighted by Crippen LogP contribution is -2.29. The average Bonchev–Trinajstić information content (AvgIpc) is 2.37. The van der Waals surface area contributed by atoms with Gasteiger partial charge in [-0.1, -0.05) is 36.7 Å². The molecule has 0 saturated heterocycles. The number of benzene rings is 1. The Labute approximate surface area is 116 Å². The Balaban J connectivity index is 2.35. The highest BCUT2D eigenvalue weighted by Gasteiger charge is 2.10. The first kappa shape index (κ1) is 15.5. The molecule has 1 unspecified atom stereocenters. The lowest BCUT2D eigenvalue weighted by molar-refractivity contribution is 0.234. The summed E-state index contributed by atoms with van der Waals surface area (Å²) in [5, 5.41) is 4.23. The van der Waals surface area contributed by atoms with E-state index in [9.17, 15) is 0 Å². The van der Waals surface area contributed by atoms with Gasteiger partial charge in [-0.05, 0) is 51.5 Å². The largest absolute Gasteiger partial charge is 0.317 e. The van der Waals surface area contributed by atoms with Gasteiger partial charge in [0.1, 0.15) is 0 Å². The van der Waals surface area contributed by atoms with Crippen LogP contribution in [0.15, 0.2) is 24.3 Å². The molecular formula is C15H25ClN2. The van der Waals surface area contributed by atoms with Crippen molar-refractivity contribution in [2.45, 2.75) is 39.3 Å². The molecule has 1 aromatic carbocycles. The molecule has 0 bridgehead atoms. The van der Waals surface area contributed by atoms with Gasteiger partial charge in [-0.25, -0.2) is 0 Å². The van der Waals surface area contributed by atoms with E-state index >= 15 is 0 Å². The summed E-state index contributed by atoms with van der Waals surface area (Å²) in [5.74, 6) is 0. The first-order valence-corrected chi connectivity index (χ1v) is 7.17. The van der Waals surface area contributed by atoms with Gasteiger partial charge >= 0.3 is 0 Å². The van der Waals surface area contributed by atoms with Gasteiger partial charge in [-0.3, -0.25) is 4.90 Å². The summed E-state index contributed by atoms with van der Waals surface area (Å²) in [6.45, 7) is 7.52. The van der Waals surface area contributed by atoms with Crippen LogP contribution in [0.25, 0.3) is 0 Å². The summed E-state index contributed by atoms with van der Waals surface area (Å²) in [7, 11) is 2.17. The third-order valence-corrected chi connectivity index (χ3v) is 3.72. The van der Waals surface area contributed by atoms with Gasteiger partial charge in [0.2, 0.25) is 0 Å². The van der Waals surface area contributed by atoms with E-state index < -0.39 is 0 Å². The molecule has 1 N–H and O–H groups in total. The lowest BCUT2D eigenvalue weighted by Gasteiger charge is -2.25. The molecule has 0 amide bonds. The van der Waals surface area contributed by atoms with Crippen molar-refractivity contribution in [3.63, 3.8) is 0 Å². The molecule has 0 heterocycles. The Morgan fingerprint density at radius 3 is 2.72 bits per heavy atom. The van der Waals surface area contributed by atoms with Gasteiger partial charge in [-0.15, -0.1) is 0 Å². The highest BCUT2D eigenvalue weighted by atomic mass is 35.5. The first-order valence-electron chi connectivity index (χ1n) is 6.79. The standard InChI is InChI=1S/C15H25ClN2/c1-4-17-11-7-8-13(2)18(3)12-14-9-5-6-10-15(14)16/h5-6,9-10,13,17H,4,7-8,11-12H2,1-3H3. The van der Waals surface area contributed by atoms with Crippen LogP contribution < -0.4 is 5.32 Å². The highest BCUT2D eigenvalue weighted by molar-refractivity contribution is 6.31. The topological polar surface area (TPSA) is 15.3 Å². The molecular weight excluding hydrogens is 244 g/mol. The van der Waals surface area contributed by atoms with E-state index in [1.54, 1.807) is 0 Å². The molecule has 0 aromatic heterocycles. The van der Waals surface area contributed by atoms with Crippen LogP contribution in [-0.2, 0) is 6.54 Å². The second kappa shape index (κ2) is 8.52. The summed E-state index contributed by atoms with van der Waals surface area (Å²) in [6, 6.07) is 8.67. The maximum atomic E-state index is 6.18. The maximum Gasteiger partial charge on any atom is 0.0451 e. The minimum atomic E-state index is 0.583. The van der Waals surface area contributed by atoms with Crippen molar-refractivity contribution in [1.82, 2.24) is 10.2 Å². The number of rotatable bonds is 8. The number of hydrogen-bond donors (Lipinski definition) is 1. The quantitative estimate of drug-likeness (QED) is 0.726. The van der Waals surface area contributed by atoms with Crippen LogP contribution in [-0.4, -0.2) is 31.1 Å². The molecule has 0 saturated carbocycles. The second-order valence-electron chi connectivity index (χ2n) is 4.85. The van der Waals surface area contributed by atoms with Crippen molar-refractivity contribution in [3.8, 4) is 0 Å². The molecule has 3 heteroatoms. The van der Waals surface area contributed by atoms with Crippen LogP contribution in [0.3, 0.4) is 0 Å². The monoisotopic (exact) mass is 268 g/mol. The maximum absolute atomic E-state index is 6.18. The fourth-order valence-electron chi connectivity index (χ4n) is 1.97. The predicted molar refractivity (Wildman–Crippen MR) is 80.2 cm³/mol. The SMILES string of the molecule is CCNCCCC(C)N(C)Cc1ccccc1Cl. The third-order valence-electron chi connectivity index (χ3n) is 3.36. The zero-order chi connectivity index (χ0) is 13.4. The fraction of sp³-hybridized carbons (Fsp3) is 0.600. The molecule has 0 fully saturated rings. The van der Waals surface area contributed by atoms with E-state index in [4.69, 9.17) is 11.6 Å². The Hall–Kier alpha value is -0.570. The molecule has 2 nitrogen and oxygen atoms in total. The Morgan fingerprint density at radius 1 is 1.33 bits per heavy atom. The van der Waals surface area contributed by atoms with Crippen LogP contribution in [0.5, 0.6) is 0 Å². The normalized spacial score (nSPS) is 12.9. The molecule has 1 aromatic rings. The molecule has 0 aliphatic rings. The van der Waals surface area contributed by atoms with Crippen LogP contribution >= 0.6 is 11.6 Å². The number of nitrogens with one attached hydrogen (secondary N) is 1. The van der Waals surface area contributed by atoms with E-state index in [2.05, 4.69) is 37.2 Å². The molecule has 0 radical (unpaired) electrons. The summed E-state index contributed by atoms with van der Waals surface area (Å²) in [6.07, 6.45) is 2.44. The van der Waals surface area contributed by atoms with Crippen LogP contribution in [0.4, 0.5) is 0 Å². The summed E-state index contributed by atoms with van der Waals surface area (Å²) in [5.41, 5.74) is 1.21. The molecule has 102 valence electrons. The fourth-order valence-corrected chi connectivity index (χ4v) is 2.17. The summed E-state index contributed by atoms with van der Waals surface area (Å²) >= 11 is 6.18. The van der Waals surface area contributed by atoms with Gasteiger partial charge in [0, 0.05) is 17.6 Å². The van der Waals surface area contributed by atoms with E-state index in [0.717, 1.165) is 24.7 Å².